The number of hydrogen-bond acceptors (Lipinski definition) is 3. The van der Waals surface area contributed by atoms with Crippen molar-refractivity contribution in [3.8, 4) is 6.07 Å². The number of carbonyl (C=O) groups excluding carboxylic acids is 2. The molecule has 0 aromatic heterocycles. The van der Waals surface area contributed by atoms with Gasteiger partial charge in [0.15, 0.2) is 11.7 Å². The smallest absolute Gasteiger partial charge is 0.245 e. The average Bonchev–Trinajstić information content (AvgIpc) is 3.11. The first kappa shape index (κ1) is 14.6. The van der Waals surface area contributed by atoms with Crippen LogP contribution in [-0.2, 0) is 9.59 Å². The predicted octanol–water partition coefficient (Wildman–Crippen LogP) is 2.58. The molecule has 3 aliphatic carbocycles. The quantitative estimate of drug-likeness (QED) is 0.808. The van der Waals surface area contributed by atoms with Crippen LogP contribution in [0.3, 0.4) is 0 Å². The van der Waals surface area contributed by atoms with Crippen LogP contribution in [0.15, 0.2) is 0 Å². The zero-order valence-electron chi connectivity index (χ0n) is 12.5. The van der Waals surface area contributed by atoms with E-state index in [4.69, 9.17) is 0 Å². The Kier molecular flexibility index (Phi) is 4.28. The van der Waals surface area contributed by atoms with Gasteiger partial charge in [0, 0.05) is 12.0 Å². The highest BCUT2D eigenvalue weighted by atomic mass is 16.2. The molecular weight excluding hydrogens is 264 g/mol. The van der Waals surface area contributed by atoms with Gasteiger partial charge >= 0.3 is 0 Å². The summed E-state index contributed by atoms with van der Waals surface area (Å²) in [5.41, 5.74) is 0. The fourth-order valence-electron chi connectivity index (χ4n) is 4.59. The van der Waals surface area contributed by atoms with Crippen molar-refractivity contribution in [1.82, 2.24) is 5.32 Å². The number of hydrogen-bond donors (Lipinski definition) is 1. The Bertz CT molecular complexity index is 462. The van der Waals surface area contributed by atoms with Gasteiger partial charge in [0.05, 0.1) is 6.07 Å². The second-order valence-corrected chi connectivity index (χ2v) is 7.09. The molecule has 4 nitrogen and oxygen atoms in total. The summed E-state index contributed by atoms with van der Waals surface area (Å²) in [6.45, 7) is 0. The molecule has 0 heterocycles. The molecule has 0 saturated heterocycles. The standard InChI is InChI=1S/C17H24N2O2/c18-10-15(17(21)19-13-4-2-1-3-5-13)16(20)14-9-11-6-7-12(14)8-11/h11-15H,1-9H2,(H,19,21)/t11-,12-,14-,15+/m0/s1. The summed E-state index contributed by atoms with van der Waals surface area (Å²) < 4.78 is 0. The number of nitriles is 1. The molecule has 0 aliphatic heterocycles. The number of rotatable bonds is 4. The van der Waals surface area contributed by atoms with Gasteiger partial charge < -0.3 is 5.32 Å². The molecular formula is C17H24N2O2. The fraction of sp³-hybridized carbons (Fsp3) is 0.824. The van der Waals surface area contributed by atoms with Crippen molar-refractivity contribution in [2.45, 2.75) is 63.8 Å². The third-order valence-electron chi connectivity index (χ3n) is 5.73. The van der Waals surface area contributed by atoms with Crippen LogP contribution in [0.4, 0.5) is 0 Å². The summed E-state index contributed by atoms with van der Waals surface area (Å²) in [6.07, 6.45) is 9.78. The Hall–Kier alpha value is -1.37. The third-order valence-corrected chi connectivity index (χ3v) is 5.73. The van der Waals surface area contributed by atoms with Gasteiger partial charge in [0.25, 0.3) is 0 Å². The maximum absolute atomic E-state index is 12.6. The average molecular weight is 288 g/mol. The molecule has 0 spiro atoms. The van der Waals surface area contributed by atoms with Gasteiger partial charge in [0.1, 0.15) is 0 Å². The first-order chi connectivity index (χ1) is 10.2. The van der Waals surface area contributed by atoms with Crippen molar-refractivity contribution in [3.05, 3.63) is 0 Å². The van der Waals surface area contributed by atoms with E-state index in [1.807, 2.05) is 6.07 Å². The predicted molar refractivity (Wildman–Crippen MR) is 78.1 cm³/mol. The number of nitrogens with one attached hydrogen (secondary N) is 1. The van der Waals surface area contributed by atoms with E-state index in [1.165, 1.54) is 12.8 Å². The molecule has 1 amide bonds. The monoisotopic (exact) mass is 288 g/mol. The van der Waals surface area contributed by atoms with Gasteiger partial charge in [-0.05, 0) is 43.9 Å². The van der Waals surface area contributed by atoms with Gasteiger partial charge in [-0.25, -0.2) is 0 Å². The SMILES string of the molecule is N#C[C@@H](C(=O)NC1CCCCC1)C(=O)[C@H]1C[C@H]2CC[C@H]1C2. The number of ketones is 1. The first-order valence-corrected chi connectivity index (χ1v) is 8.42. The summed E-state index contributed by atoms with van der Waals surface area (Å²) in [5, 5.41) is 12.2. The molecule has 2 bridgehead atoms. The summed E-state index contributed by atoms with van der Waals surface area (Å²) in [5.74, 6) is -0.498. The van der Waals surface area contributed by atoms with E-state index < -0.39 is 5.92 Å². The molecule has 21 heavy (non-hydrogen) atoms. The second kappa shape index (κ2) is 6.17. The lowest BCUT2D eigenvalue weighted by atomic mass is 9.81. The molecule has 3 aliphatic rings. The molecule has 0 aromatic rings. The maximum atomic E-state index is 12.6. The molecule has 4 atom stereocenters. The van der Waals surface area contributed by atoms with Crippen molar-refractivity contribution in [3.63, 3.8) is 0 Å². The molecule has 1 N–H and O–H groups in total. The van der Waals surface area contributed by atoms with Gasteiger partial charge in [-0.1, -0.05) is 25.7 Å². The minimum absolute atomic E-state index is 0.0366. The largest absolute Gasteiger partial charge is 0.352 e. The Balaban J connectivity index is 1.60. The van der Waals surface area contributed by atoms with Gasteiger partial charge in [0.2, 0.25) is 5.91 Å². The van der Waals surface area contributed by atoms with Gasteiger partial charge in [-0.3, -0.25) is 9.59 Å². The van der Waals surface area contributed by atoms with Crippen LogP contribution in [0.1, 0.15) is 57.8 Å². The molecule has 114 valence electrons. The molecule has 0 unspecified atom stereocenters. The van der Waals surface area contributed by atoms with E-state index >= 15 is 0 Å². The first-order valence-electron chi connectivity index (χ1n) is 8.42. The number of nitrogens with zero attached hydrogens (tertiary/aromatic N) is 1. The fourth-order valence-corrected chi connectivity index (χ4v) is 4.59. The number of amides is 1. The highest BCUT2D eigenvalue weighted by Crippen LogP contribution is 2.49. The molecule has 0 aromatic carbocycles. The second-order valence-electron chi connectivity index (χ2n) is 7.09. The number of fused-ring (bicyclic) bond motifs is 2. The normalized spacial score (nSPS) is 33.4. The third kappa shape index (κ3) is 2.97. The van der Waals surface area contributed by atoms with Crippen molar-refractivity contribution in [2.24, 2.45) is 23.7 Å². The summed E-state index contributed by atoms with van der Waals surface area (Å²) in [4.78, 5) is 24.9. The molecule has 3 fully saturated rings. The van der Waals surface area contributed by atoms with Crippen molar-refractivity contribution >= 4 is 11.7 Å². The Morgan fingerprint density at radius 2 is 1.81 bits per heavy atom. The molecule has 3 rings (SSSR count). The minimum Gasteiger partial charge on any atom is -0.352 e. The van der Waals surface area contributed by atoms with Crippen molar-refractivity contribution in [2.75, 3.05) is 0 Å². The highest BCUT2D eigenvalue weighted by Gasteiger charge is 2.46. The van der Waals surface area contributed by atoms with Gasteiger partial charge in [-0.2, -0.15) is 5.26 Å². The van der Waals surface area contributed by atoms with Crippen molar-refractivity contribution in [1.29, 1.82) is 5.26 Å². The van der Waals surface area contributed by atoms with E-state index in [9.17, 15) is 14.9 Å². The van der Waals surface area contributed by atoms with Crippen LogP contribution in [0.5, 0.6) is 0 Å². The zero-order chi connectivity index (χ0) is 14.8. The summed E-state index contributed by atoms with van der Waals surface area (Å²) >= 11 is 0. The topological polar surface area (TPSA) is 70.0 Å². The summed E-state index contributed by atoms with van der Waals surface area (Å²) in [7, 11) is 0. The molecule has 4 heteroatoms. The van der Waals surface area contributed by atoms with Crippen LogP contribution in [0.2, 0.25) is 0 Å². The van der Waals surface area contributed by atoms with E-state index in [-0.39, 0.29) is 23.7 Å². The molecule has 3 saturated carbocycles. The van der Waals surface area contributed by atoms with E-state index in [1.54, 1.807) is 0 Å². The Labute approximate surface area is 126 Å². The zero-order valence-corrected chi connectivity index (χ0v) is 12.5. The van der Waals surface area contributed by atoms with Crippen molar-refractivity contribution < 1.29 is 9.59 Å². The van der Waals surface area contributed by atoms with Crippen LogP contribution in [-0.4, -0.2) is 17.7 Å². The molecule has 0 radical (unpaired) electrons. The summed E-state index contributed by atoms with van der Waals surface area (Å²) in [6, 6.07) is 2.13. The lowest BCUT2D eigenvalue weighted by Gasteiger charge is -2.25. The van der Waals surface area contributed by atoms with Crippen LogP contribution in [0.25, 0.3) is 0 Å². The van der Waals surface area contributed by atoms with E-state index in [2.05, 4.69) is 5.32 Å². The van der Waals surface area contributed by atoms with Crippen LogP contribution < -0.4 is 5.32 Å². The van der Waals surface area contributed by atoms with Crippen LogP contribution >= 0.6 is 0 Å². The van der Waals surface area contributed by atoms with Gasteiger partial charge in [-0.15, -0.1) is 0 Å². The number of carbonyl (C=O) groups is 2. The minimum atomic E-state index is -1.09. The maximum Gasteiger partial charge on any atom is 0.245 e. The highest BCUT2D eigenvalue weighted by molar-refractivity contribution is 6.05. The van der Waals surface area contributed by atoms with E-state index in [0.717, 1.165) is 44.9 Å². The van der Waals surface area contributed by atoms with Crippen LogP contribution in [0, 0.1) is 35.0 Å². The lowest BCUT2D eigenvalue weighted by Crippen LogP contribution is -2.43. The van der Waals surface area contributed by atoms with E-state index in [0.29, 0.717) is 11.8 Å². The lowest BCUT2D eigenvalue weighted by molar-refractivity contribution is -0.135. The Morgan fingerprint density at radius 1 is 1.05 bits per heavy atom. The number of Topliss-reactive ketones (excluding diaryl/α,β-unsaturated/α-hetero) is 1. The Morgan fingerprint density at radius 3 is 2.38 bits per heavy atom.